The first-order valence-electron chi connectivity index (χ1n) is 7.14. The molecule has 1 saturated heterocycles. The lowest BCUT2D eigenvalue weighted by Crippen LogP contribution is -2.57. The van der Waals surface area contributed by atoms with Crippen molar-refractivity contribution in [1.29, 1.82) is 0 Å². The van der Waals surface area contributed by atoms with E-state index in [9.17, 15) is 5.11 Å². The molecule has 3 aliphatic rings. The third-order valence-corrected chi connectivity index (χ3v) is 4.68. The zero-order chi connectivity index (χ0) is 11.8. The van der Waals surface area contributed by atoms with Crippen LogP contribution in [0.5, 0.6) is 0 Å². The molecule has 2 saturated carbocycles. The molecule has 4 nitrogen and oxygen atoms in total. The van der Waals surface area contributed by atoms with Crippen LogP contribution in [0.3, 0.4) is 0 Å². The Morgan fingerprint density at radius 3 is 2.18 bits per heavy atom. The predicted molar refractivity (Wildman–Crippen MR) is 67.7 cm³/mol. The second kappa shape index (κ2) is 4.84. The molecule has 2 aliphatic carbocycles. The predicted octanol–water partition coefficient (Wildman–Crippen LogP) is -0.135. The van der Waals surface area contributed by atoms with Gasteiger partial charge in [-0.3, -0.25) is 9.80 Å². The van der Waals surface area contributed by atoms with Crippen LogP contribution in [0, 0.1) is 5.92 Å². The average Bonchev–Trinajstić information content (AvgIpc) is 3.20. The van der Waals surface area contributed by atoms with Gasteiger partial charge in [0.15, 0.2) is 0 Å². The first kappa shape index (κ1) is 11.9. The van der Waals surface area contributed by atoms with E-state index in [1.807, 2.05) is 0 Å². The van der Waals surface area contributed by atoms with E-state index in [2.05, 4.69) is 9.80 Å². The highest BCUT2D eigenvalue weighted by Gasteiger charge is 2.38. The topological polar surface area (TPSA) is 52.7 Å². The van der Waals surface area contributed by atoms with Crippen LogP contribution in [-0.2, 0) is 0 Å². The maximum absolute atomic E-state index is 9.58. The molecule has 0 amide bonds. The molecule has 17 heavy (non-hydrogen) atoms. The van der Waals surface area contributed by atoms with E-state index in [0.29, 0.717) is 5.92 Å². The average molecular weight is 239 g/mol. The molecule has 0 aromatic rings. The molecule has 2 unspecified atom stereocenters. The molecule has 4 heteroatoms. The zero-order valence-corrected chi connectivity index (χ0v) is 10.6. The van der Waals surface area contributed by atoms with E-state index in [0.717, 1.165) is 19.1 Å². The highest BCUT2D eigenvalue weighted by atomic mass is 16.3. The smallest absolute Gasteiger partial charge is 0.0602 e. The molecule has 0 aromatic carbocycles. The number of nitrogens with zero attached hydrogens (tertiary/aromatic N) is 2. The number of aliphatic hydroxyl groups excluding tert-OH is 1. The Balaban J connectivity index is 1.52. The van der Waals surface area contributed by atoms with Crippen LogP contribution >= 0.6 is 0 Å². The molecule has 0 spiro atoms. The van der Waals surface area contributed by atoms with Gasteiger partial charge >= 0.3 is 0 Å². The summed E-state index contributed by atoms with van der Waals surface area (Å²) < 4.78 is 0. The van der Waals surface area contributed by atoms with Crippen molar-refractivity contribution in [2.45, 2.75) is 43.8 Å². The van der Waals surface area contributed by atoms with Gasteiger partial charge in [-0.1, -0.05) is 0 Å². The molecule has 1 aliphatic heterocycles. The fourth-order valence-electron chi connectivity index (χ4n) is 3.15. The summed E-state index contributed by atoms with van der Waals surface area (Å²) >= 11 is 0. The van der Waals surface area contributed by atoms with Crippen LogP contribution in [0.2, 0.25) is 0 Å². The van der Waals surface area contributed by atoms with Gasteiger partial charge in [0.25, 0.3) is 0 Å². The van der Waals surface area contributed by atoms with E-state index in [1.165, 1.54) is 38.8 Å². The quantitative estimate of drug-likeness (QED) is 0.701. The van der Waals surface area contributed by atoms with Gasteiger partial charge in [-0.05, 0) is 31.6 Å². The molecule has 0 aromatic heterocycles. The highest BCUT2D eigenvalue weighted by molar-refractivity contribution is 4.95. The second-order valence-electron chi connectivity index (χ2n) is 5.97. The summed E-state index contributed by atoms with van der Waals surface area (Å²) in [6.45, 7) is 4.72. The van der Waals surface area contributed by atoms with E-state index in [-0.39, 0.29) is 18.7 Å². The number of rotatable bonds is 5. The highest BCUT2D eigenvalue weighted by Crippen LogP contribution is 2.34. The first-order chi connectivity index (χ1) is 8.29. The van der Waals surface area contributed by atoms with Crippen LogP contribution < -0.4 is 5.73 Å². The Kier molecular flexibility index (Phi) is 3.39. The molecule has 2 atom stereocenters. The second-order valence-corrected chi connectivity index (χ2v) is 5.97. The minimum Gasteiger partial charge on any atom is -0.395 e. The number of piperazine rings is 1. The van der Waals surface area contributed by atoms with Gasteiger partial charge in [0.1, 0.15) is 0 Å². The maximum atomic E-state index is 9.58. The maximum Gasteiger partial charge on any atom is 0.0602 e. The number of hydrogen-bond donors (Lipinski definition) is 2. The van der Waals surface area contributed by atoms with Crippen molar-refractivity contribution in [3.05, 3.63) is 0 Å². The summed E-state index contributed by atoms with van der Waals surface area (Å²) in [4.78, 5) is 5.02. The van der Waals surface area contributed by atoms with Gasteiger partial charge in [-0.15, -0.1) is 0 Å². The monoisotopic (exact) mass is 239 g/mol. The third-order valence-electron chi connectivity index (χ3n) is 4.68. The minimum atomic E-state index is 0.187. The molecule has 0 radical (unpaired) electrons. The summed E-state index contributed by atoms with van der Waals surface area (Å²) in [6.07, 6.45) is 5.31. The summed E-state index contributed by atoms with van der Waals surface area (Å²) in [6, 6.07) is 1.26. The molecule has 3 fully saturated rings. The zero-order valence-electron chi connectivity index (χ0n) is 10.6. The first-order valence-corrected chi connectivity index (χ1v) is 7.14. The van der Waals surface area contributed by atoms with Crippen LogP contribution in [-0.4, -0.2) is 65.8 Å². The fourth-order valence-corrected chi connectivity index (χ4v) is 3.15. The lowest BCUT2D eigenvalue weighted by atomic mass is 10.0. The lowest BCUT2D eigenvalue weighted by Gasteiger charge is -2.41. The van der Waals surface area contributed by atoms with Crippen LogP contribution in [0.4, 0.5) is 0 Å². The van der Waals surface area contributed by atoms with Gasteiger partial charge in [0, 0.05) is 44.3 Å². The Hall–Kier alpha value is -0.160. The fraction of sp³-hybridized carbons (Fsp3) is 1.00. The number of nitrogens with two attached hydrogens (primary N) is 1. The van der Waals surface area contributed by atoms with Crippen molar-refractivity contribution >= 4 is 0 Å². The van der Waals surface area contributed by atoms with Crippen molar-refractivity contribution in [2.24, 2.45) is 11.7 Å². The largest absolute Gasteiger partial charge is 0.395 e. The number of aliphatic hydroxyl groups is 1. The molecule has 98 valence electrons. The van der Waals surface area contributed by atoms with Crippen LogP contribution in [0.15, 0.2) is 0 Å². The molecular formula is C13H25N3O. The Bertz CT molecular complexity index is 257. The Morgan fingerprint density at radius 1 is 1.06 bits per heavy atom. The number of hydrogen-bond acceptors (Lipinski definition) is 4. The summed E-state index contributed by atoms with van der Waals surface area (Å²) in [5.41, 5.74) is 6.26. The normalized spacial score (nSPS) is 31.4. The lowest BCUT2D eigenvalue weighted by molar-refractivity contribution is 0.0473. The van der Waals surface area contributed by atoms with E-state index in [4.69, 9.17) is 5.73 Å². The van der Waals surface area contributed by atoms with Gasteiger partial charge in [0.05, 0.1) is 6.61 Å². The van der Waals surface area contributed by atoms with E-state index >= 15 is 0 Å². The molecule has 3 rings (SSSR count). The van der Waals surface area contributed by atoms with E-state index < -0.39 is 0 Å². The summed E-state index contributed by atoms with van der Waals surface area (Å²) in [5.74, 6) is 0.675. The van der Waals surface area contributed by atoms with Crippen molar-refractivity contribution < 1.29 is 5.11 Å². The molecule has 0 bridgehead atoms. The van der Waals surface area contributed by atoms with Gasteiger partial charge in [-0.2, -0.15) is 0 Å². The van der Waals surface area contributed by atoms with E-state index in [1.54, 1.807) is 0 Å². The van der Waals surface area contributed by atoms with Crippen molar-refractivity contribution in [1.82, 2.24) is 9.80 Å². The minimum absolute atomic E-state index is 0.187. The SMILES string of the molecule is NC(C1CC1)C(CO)N1CCN(C2CC2)CC1. The molecular weight excluding hydrogens is 214 g/mol. The van der Waals surface area contributed by atoms with Gasteiger partial charge in [-0.25, -0.2) is 0 Å². The third kappa shape index (κ3) is 2.65. The van der Waals surface area contributed by atoms with Crippen LogP contribution in [0.25, 0.3) is 0 Å². The van der Waals surface area contributed by atoms with Crippen molar-refractivity contribution in [3.63, 3.8) is 0 Å². The van der Waals surface area contributed by atoms with Crippen molar-refractivity contribution in [3.8, 4) is 0 Å². The Morgan fingerprint density at radius 2 is 1.71 bits per heavy atom. The standard InChI is InChI=1S/C13H25N3O/c14-13(10-1-2-10)12(9-17)16-7-5-15(6-8-16)11-3-4-11/h10-13,17H,1-9,14H2. The summed E-state index contributed by atoms with van der Waals surface area (Å²) in [5, 5.41) is 9.58. The molecule has 3 N–H and O–H groups in total. The van der Waals surface area contributed by atoms with Crippen molar-refractivity contribution in [2.75, 3.05) is 32.8 Å². The summed E-state index contributed by atoms with van der Waals surface area (Å²) in [7, 11) is 0. The van der Waals surface area contributed by atoms with Gasteiger partial charge < -0.3 is 10.8 Å². The Labute approximate surface area is 104 Å². The molecule has 1 heterocycles. The van der Waals surface area contributed by atoms with Gasteiger partial charge in [0.2, 0.25) is 0 Å². The van der Waals surface area contributed by atoms with Crippen LogP contribution in [0.1, 0.15) is 25.7 Å².